The van der Waals surface area contributed by atoms with Crippen LogP contribution in [0.3, 0.4) is 0 Å². The molecule has 190 valence electrons. The smallest absolute Gasteiger partial charge is 0.145 e. The van der Waals surface area contributed by atoms with E-state index in [1.807, 2.05) is 0 Å². The summed E-state index contributed by atoms with van der Waals surface area (Å²) < 4.78 is 0. The molecule has 0 radical (unpaired) electrons. The third-order valence-corrected chi connectivity index (χ3v) is 11.8. The van der Waals surface area contributed by atoms with Gasteiger partial charge in [-0.3, -0.25) is 0 Å². The second-order valence-electron chi connectivity index (χ2n) is 9.47. The maximum atomic E-state index is 10.1. The largest absolute Gasteiger partial charge is 0.545 e. The van der Waals surface area contributed by atoms with Crippen molar-refractivity contribution in [3.63, 3.8) is 0 Å². The lowest BCUT2D eigenvalue weighted by molar-refractivity contribution is -0.255. The SMILES string of the molecule is Cc1ccccc1[P+](c1ccccc1C)(c1ccccc1C)c1ccccc1C.O=C([O-])c1ccccc1. The maximum absolute atomic E-state index is 10.1. The van der Waals surface area contributed by atoms with Crippen LogP contribution in [-0.4, -0.2) is 5.97 Å². The quantitative estimate of drug-likeness (QED) is 0.286. The topological polar surface area (TPSA) is 40.1 Å². The van der Waals surface area contributed by atoms with E-state index in [1.54, 1.807) is 18.2 Å². The lowest BCUT2D eigenvalue weighted by atomic mass is 10.2. The molecule has 0 spiro atoms. The fourth-order valence-electron chi connectivity index (χ4n) is 5.11. The van der Waals surface area contributed by atoms with Crippen molar-refractivity contribution in [2.24, 2.45) is 0 Å². The molecule has 2 nitrogen and oxygen atoms in total. The third kappa shape index (κ3) is 5.32. The number of hydrogen-bond donors (Lipinski definition) is 0. The van der Waals surface area contributed by atoms with Gasteiger partial charge >= 0.3 is 0 Å². The molecule has 0 aromatic heterocycles. The first-order chi connectivity index (χ1) is 18.4. The Hall–Kier alpha value is -4.00. The van der Waals surface area contributed by atoms with Gasteiger partial charge in [0.25, 0.3) is 0 Å². The van der Waals surface area contributed by atoms with Gasteiger partial charge in [0.2, 0.25) is 0 Å². The molecule has 3 heteroatoms. The monoisotopic (exact) mass is 516 g/mol. The molecule has 0 bridgehead atoms. The number of carboxylic acid groups (broad SMARTS) is 1. The summed E-state index contributed by atoms with van der Waals surface area (Å²) in [6.07, 6.45) is 0. The lowest BCUT2D eigenvalue weighted by Crippen LogP contribution is -2.42. The van der Waals surface area contributed by atoms with Crippen LogP contribution in [0.25, 0.3) is 0 Å². The first-order valence-corrected chi connectivity index (χ1v) is 14.6. The van der Waals surface area contributed by atoms with Gasteiger partial charge in [-0.15, -0.1) is 0 Å². The van der Waals surface area contributed by atoms with Gasteiger partial charge in [-0.05, 0) is 79.8 Å². The van der Waals surface area contributed by atoms with Crippen LogP contribution >= 0.6 is 7.26 Å². The Bertz CT molecular complexity index is 1350. The van der Waals surface area contributed by atoms with Gasteiger partial charge in [0.05, 0.1) is 5.97 Å². The number of aryl methyl sites for hydroxylation is 4. The van der Waals surface area contributed by atoms with Crippen LogP contribution in [0.4, 0.5) is 0 Å². The Morgan fingerprint density at radius 2 is 0.711 bits per heavy atom. The summed E-state index contributed by atoms with van der Waals surface area (Å²) in [5.41, 5.74) is 5.65. The Balaban J connectivity index is 0.000000317. The van der Waals surface area contributed by atoms with Crippen molar-refractivity contribution in [3.8, 4) is 0 Å². The number of benzene rings is 5. The Labute approximate surface area is 227 Å². The van der Waals surface area contributed by atoms with E-state index in [9.17, 15) is 9.90 Å². The van der Waals surface area contributed by atoms with E-state index >= 15 is 0 Å². The van der Waals surface area contributed by atoms with Crippen LogP contribution in [0.15, 0.2) is 127 Å². The van der Waals surface area contributed by atoms with Gasteiger partial charge in [-0.25, -0.2) is 0 Å². The lowest BCUT2D eigenvalue weighted by Gasteiger charge is -2.31. The number of rotatable bonds is 5. The van der Waals surface area contributed by atoms with Crippen molar-refractivity contribution in [2.45, 2.75) is 27.7 Å². The molecule has 0 saturated carbocycles. The molecule has 5 rings (SSSR count). The average Bonchev–Trinajstić information content (AvgIpc) is 2.93. The van der Waals surface area contributed by atoms with Gasteiger partial charge in [0, 0.05) is 0 Å². The second kappa shape index (κ2) is 12.0. The molecular weight excluding hydrogens is 483 g/mol. The molecular formula is C35H33O2P. The fraction of sp³-hybridized carbons (Fsp3) is 0.114. The van der Waals surface area contributed by atoms with Crippen molar-refractivity contribution in [3.05, 3.63) is 155 Å². The Morgan fingerprint density at radius 1 is 0.447 bits per heavy atom. The minimum atomic E-state index is -2.06. The summed E-state index contributed by atoms with van der Waals surface area (Å²) in [7, 11) is -2.06. The first kappa shape index (κ1) is 27.0. The highest BCUT2D eigenvalue weighted by Crippen LogP contribution is 2.56. The Morgan fingerprint density at radius 3 is 0.947 bits per heavy atom. The highest BCUT2D eigenvalue weighted by molar-refractivity contribution is 8.01. The zero-order valence-electron chi connectivity index (χ0n) is 22.4. The standard InChI is InChI=1S/C28H28P.C7H6O2/c1-21-13-5-9-17-25(21)29(26-18-10-6-14-22(26)2,27-19-11-7-15-23(27)3)28-20-12-8-16-24(28)4;8-7(9)6-4-2-1-3-5-6/h5-20H,1-4H3;1-5H,(H,8,9)/q+1;/p-1. The second-order valence-corrected chi connectivity index (χ2v) is 12.7. The molecule has 38 heavy (non-hydrogen) atoms. The van der Waals surface area contributed by atoms with E-state index in [1.165, 1.54) is 55.6 Å². The first-order valence-electron chi connectivity index (χ1n) is 12.8. The highest BCUT2D eigenvalue weighted by atomic mass is 31.2. The molecule has 0 aliphatic heterocycles. The number of hydrogen-bond acceptors (Lipinski definition) is 2. The highest BCUT2D eigenvalue weighted by Gasteiger charge is 2.51. The Kier molecular flexibility index (Phi) is 8.56. The predicted octanol–water partition coefficient (Wildman–Crippen LogP) is 5.59. The van der Waals surface area contributed by atoms with Crippen molar-refractivity contribution in [1.29, 1.82) is 0 Å². The van der Waals surface area contributed by atoms with Crippen molar-refractivity contribution in [1.82, 2.24) is 0 Å². The van der Waals surface area contributed by atoms with Gasteiger partial charge in [-0.1, -0.05) is 103 Å². The van der Waals surface area contributed by atoms with E-state index in [0.29, 0.717) is 0 Å². The van der Waals surface area contributed by atoms with E-state index < -0.39 is 13.2 Å². The van der Waals surface area contributed by atoms with E-state index in [-0.39, 0.29) is 5.56 Å². The van der Waals surface area contributed by atoms with Crippen LogP contribution < -0.4 is 26.3 Å². The fourth-order valence-corrected chi connectivity index (χ4v) is 10.3. The molecule has 0 saturated heterocycles. The molecule has 0 atom stereocenters. The maximum Gasteiger partial charge on any atom is 0.145 e. The van der Waals surface area contributed by atoms with Crippen LogP contribution in [0.1, 0.15) is 32.6 Å². The molecule has 5 aromatic rings. The molecule has 0 fully saturated rings. The number of carbonyl (C=O) groups excluding carboxylic acids is 1. The van der Waals surface area contributed by atoms with E-state index in [2.05, 4.69) is 125 Å². The number of aromatic carboxylic acids is 1. The van der Waals surface area contributed by atoms with E-state index in [0.717, 1.165) is 0 Å². The molecule has 0 aliphatic rings. The van der Waals surface area contributed by atoms with Crippen LogP contribution in [0.5, 0.6) is 0 Å². The number of carboxylic acids is 1. The van der Waals surface area contributed by atoms with Gasteiger partial charge in [-0.2, -0.15) is 0 Å². The summed E-state index contributed by atoms with van der Waals surface area (Å²) in [5, 5.41) is 15.9. The van der Waals surface area contributed by atoms with Crippen molar-refractivity contribution >= 4 is 34.4 Å². The number of carbonyl (C=O) groups is 1. The van der Waals surface area contributed by atoms with Crippen LogP contribution in [0.2, 0.25) is 0 Å². The normalized spacial score (nSPS) is 10.8. The van der Waals surface area contributed by atoms with Crippen LogP contribution in [0, 0.1) is 27.7 Å². The minimum Gasteiger partial charge on any atom is -0.545 e. The zero-order valence-corrected chi connectivity index (χ0v) is 23.3. The predicted molar refractivity (Wildman–Crippen MR) is 161 cm³/mol. The van der Waals surface area contributed by atoms with Gasteiger partial charge < -0.3 is 9.90 Å². The summed E-state index contributed by atoms with van der Waals surface area (Å²) >= 11 is 0. The van der Waals surface area contributed by atoms with Gasteiger partial charge in [0.1, 0.15) is 28.5 Å². The third-order valence-electron chi connectivity index (χ3n) is 6.92. The van der Waals surface area contributed by atoms with Gasteiger partial charge in [0.15, 0.2) is 0 Å². The summed E-state index contributed by atoms with van der Waals surface area (Å²) in [4.78, 5) is 10.1. The zero-order chi connectivity index (χ0) is 27.1. The summed E-state index contributed by atoms with van der Waals surface area (Å²) in [6.45, 7) is 9.05. The van der Waals surface area contributed by atoms with Crippen LogP contribution in [-0.2, 0) is 0 Å². The molecule has 0 aliphatic carbocycles. The summed E-state index contributed by atoms with van der Waals surface area (Å²) in [5.74, 6) is -1.13. The van der Waals surface area contributed by atoms with E-state index in [4.69, 9.17) is 0 Å². The molecule has 0 heterocycles. The minimum absolute atomic E-state index is 0.220. The van der Waals surface area contributed by atoms with Crippen molar-refractivity contribution < 1.29 is 9.90 Å². The molecule has 0 unspecified atom stereocenters. The molecule has 5 aromatic carbocycles. The molecule has 0 N–H and O–H groups in total. The summed E-state index contributed by atoms with van der Waals surface area (Å²) in [6, 6.07) is 44.0. The average molecular weight is 517 g/mol. The molecule has 0 amide bonds. The van der Waals surface area contributed by atoms with Crippen molar-refractivity contribution in [2.75, 3.05) is 0 Å².